The second kappa shape index (κ2) is 2.88. The van der Waals surface area contributed by atoms with Gasteiger partial charge in [0.2, 0.25) is 5.88 Å². The van der Waals surface area contributed by atoms with Gasteiger partial charge in [0.25, 0.3) is 0 Å². The zero-order chi connectivity index (χ0) is 9.38. The predicted molar refractivity (Wildman–Crippen MR) is 45.9 cm³/mol. The Balaban J connectivity index is 1.88. The van der Waals surface area contributed by atoms with E-state index in [1.807, 2.05) is 0 Å². The van der Waals surface area contributed by atoms with E-state index in [1.165, 1.54) is 4.63 Å². The zero-order valence-electron chi connectivity index (χ0n) is 7.29. The lowest BCUT2D eigenvalue weighted by Gasteiger charge is -2.26. The van der Waals surface area contributed by atoms with Crippen LogP contribution in [0.25, 0.3) is 5.65 Å². The highest BCUT2D eigenvalue weighted by Crippen LogP contribution is 2.09. The standard InChI is InChI=1S/C7H8N6O/c1-2-7(14-5-3-8-4-5)10-13-6(1)9-11-12-13/h1-2,5,8H,3-4H2. The fourth-order valence-electron chi connectivity index (χ4n) is 1.21. The van der Waals surface area contributed by atoms with Crippen molar-refractivity contribution < 1.29 is 4.74 Å². The summed E-state index contributed by atoms with van der Waals surface area (Å²) in [5.41, 5.74) is 0.615. The van der Waals surface area contributed by atoms with Crippen molar-refractivity contribution in [2.45, 2.75) is 6.10 Å². The summed E-state index contributed by atoms with van der Waals surface area (Å²) in [6.45, 7) is 1.74. The van der Waals surface area contributed by atoms with Crippen LogP contribution in [0.4, 0.5) is 0 Å². The molecule has 7 nitrogen and oxygen atoms in total. The maximum absolute atomic E-state index is 5.54. The van der Waals surface area contributed by atoms with E-state index in [0.717, 1.165) is 13.1 Å². The number of nitrogens with one attached hydrogen (secondary N) is 1. The Hall–Kier alpha value is -1.76. The van der Waals surface area contributed by atoms with Gasteiger partial charge >= 0.3 is 0 Å². The Kier molecular flexibility index (Phi) is 1.57. The number of ether oxygens (including phenoxy) is 1. The summed E-state index contributed by atoms with van der Waals surface area (Å²) < 4.78 is 6.89. The Labute approximate surface area is 79.1 Å². The molecule has 0 spiro atoms. The third kappa shape index (κ3) is 1.18. The van der Waals surface area contributed by atoms with Crippen molar-refractivity contribution in [3.8, 4) is 5.88 Å². The zero-order valence-corrected chi connectivity index (χ0v) is 7.29. The molecule has 1 aliphatic heterocycles. The van der Waals surface area contributed by atoms with Crippen LogP contribution in [0, 0.1) is 0 Å². The van der Waals surface area contributed by atoms with Crippen LogP contribution in [-0.2, 0) is 0 Å². The van der Waals surface area contributed by atoms with Gasteiger partial charge in [0.15, 0.2) is 5.65 Å². The van der Waals surface area contributed by atoms with Crippen LogP contribution in [0.3, 0.4) is 0 Å². The van der Waals surface area contributed by atoms with Gasteiger partial charge in [-0.1, -0.05) is 0 Å². The van der Waals surface area contributed by atoms with Crippen LogP contribution in [0.1, 0.15) is 0 Å². The van der Waals surface area contributed by atoms with Crippen molar-refractivity contribution in [2.24, 2.45) is 0 Å². The SMILES string of the molecule is c1cc2nnnn2nc1OC1CNC1. The largest absolute Gasteiger partial charge is 0.471 e. The van der Waals surface area contributed by atoms with E-state index in [2.05, 4.69) is 25.9 Å². The van der Waals surface area contributed by atoms with Crippen LogP contribution in [-0.4, -0.2) is 44.4 Å². The molecule has 7 heteroatoms. The minimum Gasteiger partial charge on any atom is -0.471 e. The van der Waals surface area contributed by atoms with Crippen LogP contribution < -0.4 is 10.1 Å². The Morgan fingerprint density at radius 3 is 3.14 bits per heavy atom. The van der Waals surface area contributed by atoms with Gasteiger partial charge in [0.05, 0.1) is 0 Å². The number of tetrazole rings is 1. The number of fused-ring (bicyclic) bond motifs is 1. The molecule has 0 saturated carbocycles. The third-order valence-corrected chi connectivity index (χ3v) is 2.08. The van der Waals surface area contributed by atoms with Gasteiger partial charge in [-0.3, -0.25) is 0 Å². The van der Waals surface area contributed by atoms with E-state index in [4.69, 9.17) is 4.74 Å². The maximum atomic E-state index is 5.54. The van der Waals surface area contributed by atoms with E-state index in [9.17, 15) is 0 Å². The molecule has 0 radical (unpaired) electrons. The van der Waals surface area contributed by atoms with Crippen LogP contribution in [0.15, 0.2) is 12.1 Å². The molecular formula is C7H8N6O. The van der Waals surface area contributed by atoms with Crippen molar-refractivity contribution in [2.75, 3.05) is 13.1 Å². The topological polar surface area (TPSA) is 77.2 Å². The Morgan fingerprint density at radius 2 is 2.36 bits per heavy atom. The summed E-state index contributed by atoms with van der Waals surface area (Å²) >= 11 is 0. The number of rotatable bonds is 2. The molecule has 0 bridgehead atoms. The van der Waals surface area contributed by atoms with E-state index >= 15 is 0 Å². The molecule has 1 aliphatic rings. The molecule has 0 aliphatic carbocycles. The smallest absolute Gasteiger partial charge is 0.233 e. The summed E-state index contributed by atoms with van der Waals surface area (Å²) in [5.74, 6) is 0.552. The first-order chi connectivity index (χ1) is 6.92. The first-order valence-electron chi connectivity index (χ1n) is 4.34. The highest BCUT2D eigenvalue weighted by molar-refractivity contribution is 5.34. The molecule has 0 amide bonds. The molecule has 0 aromatic carbocycles. The molecule has 0 atom stereocenters. The predicted octanol–water partition coefficient (Wildman–Crippen LogP) is -1.13. The summed E-state index contributed by atoms with van der Waals surface area (Å²) in [7, 11) is 0. The number of aromatic nitrogens is 5. The molecule has 0 unspecified atom stereocenters. The van der Waals surface area contributed by atoms with Gasteiger partial charge in [-0.25, -0.2) is 0 Å². The monoisotopic (exact) mass is 192 g/mol. The maximum Gasteiger partial charge on any atom is 0.233 e. The van der Waals surface area contributed by atoms with E-state index < -0.39 is 0 Å². The molecule has 1 fully saturated rings. The van der Waals surface area contributed by atoms with Crippen molar-refractivity contribution in [3.63, 3.8) is 0 Å². The van der Waals surface area contributed by atoms with E-state index in [-0.39, 0.29) is 6.10 Å². The number of nitrogens with zero attached hydrogens (tertiary/aromatic N) is 5. The molecular weight excluding hydrogens is 184 g/mol. The summed E-state index contributed by atoms with van der Waals surface area (Å²) in [5, 5.41) is 18.1. The van der Waals surface area contributed by atoms with Gasteiger partial charge in [0.1, 0.15) is 6.10 Å². The van der Waals surface area contributed by atoms with Crippen molar-refractivity contribution in [1.29, 1.82) is 0 Å². The average molecular weight is 192 g/mol. The fourth-order valence-corrected chi connectivity index (χ4v) is 1.21. The normalized spacial score (nSPS) is 16.9. The van der Waals surface area contributed by atoms with Crippen LogP contribution in [0.2, 0.25) is 0 Å². The lowest BCUT2D eigenvalue weighted by atomic mass is 10.2. The third-order valence-electron chi connectivity index (χ3n) is 2.08. The molecule has 3 heterocycles. The fraction of sp³-hybridized carbons (Fsp3) is 0.429. The Bertz CT molecular complexity index is 450. The average Bonchev–Trinajstić information content (AvgIpc) is 2.58. The molecule has 1 saturated heterocycles. The van der Waals surface area contributed by atoms with Gasteiger partial charge < -0.3 is 10.1 Å². The van der Waals surface area contributed by atoms with Gasteiger partial charge in [-0.05, 0) is 16.5 Å². The number of hydrogen-bond donors (Lipinski definition) is 1. The quantitative estimate of drug-likeness (QED) is 0.648. The van der Waals surface area contributed by atoms with Crippen LogP contribution >= 0.6 is 0 Å². The molecule has 3 rings (SSSR count). The summed E-state index contributed by atoms with van der Waals surface area (Å²) in [6, 6.07) is 3.54. The van der Waals surface area contributed by atoms with Crippen molar-refractivity contribution in [3.05, 3.63) is 12.1 Å². The lowest BCUT2D eigenvalue weighted by Crippen LogP contribution is -2.50. The highest BCUT2D eigenvalue weighted by atomic mass is 16.5. The molecule has 14 heavy (non-hydrogen) atoms. The Morgan fingerprint density at radius 1 is 1.43 bits per heavy atom. The van der Waals surface area contributed by atoms with Crippen molar-refractivity contribution >= 4 is 5.65 Å². The minimum absolute atomic E-state index is 0.219. The van der Waals surface area contributed by atoms with Gasteiger partial charge in [0, 0.05) is 19.2 Å². The van der Waals surface area contributed by atoms with Crippen molar-refractivity contribution in [1.82, 2.24) is 30.6 Å². The molecule has 2 aromatic heterocycles. The van der Waals surface area contributed by atoms with E-state index in [0.29, 0.717) is 11.5 Å². The first-order valence-corrected chi connectivity index (χ1v) is 4.34. The second-order valence-corrected chi connectivity index (χ2v) is 3.10. The number of hydrogen-bond acceptors (Lipinski definition) is 6. The molecule has 2 aromatic rings. The second-order valence-electron chi connectivity index (χ2n) is 3.10. The van der Waals surface area contributed by atoms with Gasteiger partial charge in [-0.15, -0.1) is 14.8 Å². The summed E-state index contributed by atoms with van der Waals surface area (Å²) in [6.07, 6.45) is 0.219. The van der Waals surface area contributed by atoms with Gasteiger partial charge in [-0.2, -0.15) is 0 Å². The lowest BCUT2D eigenvalue weighted by molar-refractivity contribution is 0.134. The van der Waals surface area contributed by atoms with E-state index in [1.54, 1.807) is 12.1 Å². The summed E-state index contributed by atoms with van der Waals surface area (Å²) in [4.78, 5) is 0. The van der Waals surface area contributed by atoms with Crippen LogP contribution in [0.5, 0.6) is 5.88 Å². The highest BCUT2D eigenvalue weighted by Gasteiger charge is 2.19. The molecule has 72 valence electrons. The molecule has 1 N–H and O–H groups in total. The minimum atomic E-state index is 0.219. The first kappa shape index (κ1) is 7.63.